The van der Waals surface area contributed by atoms with Crippen molar-refractivity contribution in [1.82, 2.24) is 0 Å². The molecule has 2 rings (SSSR count). The van der Waals surface area contributed by atoms with Crippen LogP contribution in [0.4, 0.5) is 18.9 Å². The molecule has 1 aromatic carbocycles. The summed E-state index contributed by atoms with van der Waals surface area (Å²) in [6.07, 6.45) is 8.18. The van der Waals surface area contributed by atoms with Gasteiger partial charge in [0, 0.05) is 44.2 Å². The Labute approximate surface area is 154 Å². The minimum Gasteiger partial charge on any atom is -0.303 e. The molecule has 0 radical (unpaired) electrons. The van der Waals surface area contributed by atoms with E-state index in [-0.39, 0.29) is 24.6 Å². The van der Waals surface area contributed by atoms with E-state index in [1.165, 1.54) is 19.1 Å². The van der Waals surface area contributed by atoms with Gasteiger partial charge in [0.2, 0.25) is 11.6 Å². The van der Waals surface area contributed by atoms with E-state index in [9.17, 15) is 18.0 Å². The average Bonchev–Trinajstić information content (AvgIpc) is 2.63. The van der Waals surface area contributed by atoms with Crippen molar-refractivity contribution in [3.05, 3.63) is 41.9 Å². The van der Waals surface area contributed by atoms with Crippen molar-refractivity contribution in [2.75, 3.05) is 0 Å². The van der Waals surface area contributed by atoms with E-state index < -0.39 is 5.92 Å². The number of rotatable bonds is 7. The van der Waals surface area contributed by atoms with Gasteiger partial charge in [0.05, 0.1) is 0 Å². The van der Waals surface area contributed by atoms with E-state index >= 15 is 0 Å². The quantitative estimate of drug-likeness (QED) is 0.315. The number of hydrogen-bond acceptors (Lipinski definition) is 1. The maximum absolute atomic E-state index is 12.8. The van der Waals surface area contributed by atoms with E-state index in [1.807, 2.05) is 30.7 Å². The van der Waals surface area contributed by atoms with Crippen molar-refractivity contribution in [3.63, 3.8) is 0 Å². The van der Waals surface area contributed by atoms with Crippen molar-refractivity contribution in [2.45, 2.75) is 65.2 Å². The van der Waals surface area contributed by atoms with Crippen molar-refractivity contribution in [1.29, 1.82) is 0 Å². The van der Waals surface area contributed by atoms with E-state index in [1.54, 1.807) is 12.1 Å². The summed E-state index contributed by atoms with van der Waals surface area (Å²) in [5, 5.41) is 0. The third kappa shape index (κ3) is 7.54. The second-order valence-electron chi connectivity index (χ2n) is 6.54. The van der Waals surface area contributed by atoms with Crippen molar-refractivity contribution in [2.24, 2.45) is 5.92 Å². The topological polar surface area (TPSA) is 20.1 Å². The summed E-state index contributed by atoms with van der Waals surface area (Å²) < 4.78 is 39.7. The van der Waals surface area contributed by atoms with Crippen LogP contribution in [-0.4, -0.2) is 23.0 Å². The number of allylic oxidation sites excluding steroid dienone is 2. The minimum absolute atomic E-state index is 0.0171. The van der Waals surface area contributed by atoms with Gasteiger partial charge in [-0.05, 0) is 24.6 Å². The molecule has 1 aliphatic rings. The number of alkyl halides is 2. The lowest BCUT2D eigenvalue weighted by Crippen LogP contribution is -2.15. The first-order valence-corrected chi connectivity index (χ1v) is 9.22. The van der Waals surface area contributed by atoms with Gasteiger partial charge >= 0.3 is 0 Å². The fourth-order valence-electron chi connectivity index (χ4n) is 2.65. The smallest absolute Gasteiger partial charge is 0.247 e. The summed E-state index contributed by atoms with van der Waals surface area (Å²) in [6, 6.07) is 6.32. The van der Waals surface area contributed by atoms with Crippen molar-refractivity contribution >= 4 is 18.2 Å². The number of carbonyl (C=O) groups is 1. The first-order chi connectivity index (χ1) is 12.3. The molecule has 0 N–H and O–H groups in total. The van der Waals surface area contributed by atoms with Gasteiger partial charge in [-0.15, -0.1) is 0 Å². The molecular weight excluding hydrogens is 339 g/mol. The van der Waals surface area contributed by atoms with Crippen LogP contribution >= 0.6 is 0 Å². The van der Waals surface area contributed by atoms with Gasteiger partial charge in [0.15, 0.2) is 11.9 Å². The molecule has 1 atom stereocenters. The van der Waals surface area contributed by atoms with Gasteiger partial charge in [0.1, 0.15) is 12.1 Å². The molecule has 2 nitrogen and oxygen atoms in total. The second kappa shape index (κ2) is 10.9. The Morgan fingerprint density at radius 1 is 1.19 bits per heavy atom. The summed E-state index contributed by atoms with van der Waals surface area (Å²) in [5.41, 5.74) is 1.91. The van der Waals surface area contributed by atoms with Gasteiger partial charge < -0.3 is 4.79 Å². The molecule has 0 spiro atoms. The molecule has 1 heterocycles. The van der Waals surface area contributed by atoms with Crippen LogP contribution in [0.25, 0.3) is 0 Å². The number of hydrogen-bond donors (Lipinski definition) is 0. The van der Waals surface area contributed by atoms with Gasteiger partial charge in [-0.3, -0.25) is 0 Å². The standard InChI is InChI=1S/C13H13FNO.C8H16F2/c1-10-8-11(9-16)6-7-15(10)13-4-2-12(14)3-5-13;1-3-5-6-7-8(9,10)4-2/h2-5,7-9,11H,6H2,1H3;3-7H2,1-2H3/q+1;. The normalized spacial score (nSPS) is 16.9. The highest BCUT2D eigenvalue weighted by Crippen LogP contribution is 2.24. The summed E-state index contributed by atoms with van der Waals surface area (Å²) in [5.74, 6) is -2.68. The van der Waals surface area contributed by atoms with Crippen LogP contribution in [0, 0.1) is 11.7 Å². The van der Waals surface area contributed by atoms with Gasteiger partial charge in [-0.1, -0.05) is 26.7 Å². The maximum atomic E-state index is 12.8. The van der Waals surface area contributed by atoms with Crippen LogP contribution in [-0.2, 0) is 4.79 Å². The third-order valence-corrected chi connectivity index (χ3v) is 4.34. The maximum Gasteiger partial charge on any atom is 0.247 e. The van der Waals surface area contributed by atoms with Gasteiger partial charge in [-0.2, -0.15) is 4.58 Å². The zero-order chi connectivity index (χ0) is 19.6. The molecule has 0 aliphatic carbocycles. The Morgan fingerprint density at radius 2 is 1.85 bits per heavy atom. The van der Waals surface area contributed by atoms with Crippen LogP contribution < -0.4 is 0 Å². The molecule has 26 heavy (non-hydrogen) atoms. The number of aldehydes is 1. The lowest BCUT2D eigenvalue weighted by molar-refractivity contribution is -0.382. The minimum atomic E-state index is -2.41. The highest BCUT2D eigenvalue weighted by atomic mass is 19.3. The van der Waals surface area contributed by atoms with Crippen LogP contribution in [0.2, 0.25) is 0 Å². The van der Waals surface area contributed by atoms with E-state index in [4.69, 9.17) is 0 Å². The molecule has 0 fully saturated rings. The fourth-order valence-corrected chi connectivity index (χ4v) is 2.65. The highest BCUT2D eigenvalue weighted by molar-refractivity contribution is 5.67. The van der Waals surface area contributed by atoms with E-state index in [2.05, 4.69) is 0 Å². The van der Waals surface area contributed by atoms with Crippen molar-refractivity contribution in [3.8, 4) is 0 Å². The molecule has 1 aromatic rings. The van der Waals surface area contributed by atoms with Crippen molar-refractivity contribution < 1.29 is 22.5 Å². The van der Waals surface area contributed by atoms with Gasteiger partial charge in [0.25, 0.3) is 0 Å². The average molecular weight is 368 g/mol. The third-order valence-electron chi connectivity index (χ3n) is 4.34. The van der Waals surface area contributed by atoms with Gasteiger partial charge in [-0.25, -0.2) is 13.2 Å². The number of nitrogens with zero attached hydrogens (tertiary/aromatic N) is 1. The Balaban J connectivity index is 0.000000294. The summed E-state index contributed by atoms with van der Waals surface area (Å²) in [6.45, 7) is 5.49. The molecule has 0 aromatic heterocycles. The fraction of sp³-hybridized carbons (Fsp3) is 0.524. The number of unbranched alkanes of at least 4 members (excludes halogenated alkanes) is 2. The summed E-state index contributed by atoms with van der Waals surface area (Å²) >= 11 is 0. The lowest BCUT2D eigenvalue weighted by atomic mass is 10.0. The predicted molar refractivity (Wildman–Crippen MR) is 99.7 cm³/mol. The Hall–Kier alpha value is -1.91. The van der Waals surface area contributed by atoms with Crippen LogP contribution in [0.1, 0.15) is 59.3 Å². The molecule has 0 saturated heterocycles. The number of carbonyl (C=O) groups excluding carboxylic acids is 1. The molecule has 0 saturated carbocycles. The largest absolute Gasteiger partial charge is 0.303 e. The molecular formula is C21H29F3NO+. The van der Waals surface area contributed by atoms with E-state index in [0.29, 0.717) is 12.8 Å². The second-order valence-corrected chi connectivity index (χ2v) is 6.54. The monoisotopic (exact) mass is 368 g/mol. The SMILES string of the molecule is CC1=CC(C=O)CC=[N+]1c1ccc(F)cc1.CCCCCC(F)(F)CC. The molecule has 0 bridgehead atoms. The summed E-state index contributed by atoms with van der Waals surface area (Å²) in [7, 11) is 0. The zero-order valence-corrected chi connectivity index (χ0v) is 15.9. The van der Waals surface area contributed by atoms with Crippen LogP contribution in [0.5, 0.6) is 0 Å². The first kappa shape index (κ1) is 22.1. The van der Waals surface area contributed by atoms with Crippen LogP contribution in [0.15, 0.2) is 36.0 Å². The number of benzene rings is 1. The summed E-state index contributed by atoms with van der Waals surface area (Å²) in [4.78, 5) is 10.7. The molecule has 1 aliphatic heterocycles. The van der Waals surface area contributed by atoms with Crippen LogP contribution in [0.3, 0.4) is 0 Å². The molecule has 5 heteroatoms. The Morgan fingerprint density at radius 3 is 2.35 bits per heavy atom. The molecule has 144 valence electrons. The number of halogens is 3. The molecule has 0 amide bonds. The lowest BCUT2D eigenvalue weighted by Gasteiger charge is -2.12. The Kier molecular flexibility index (Phi) is 9.31. The predicted octanol–water partition coefficient (Wildman–Crippen LogP) is 6.28. The molecule has 1 unspecified atom stereocenters. The Bertz CT molecular complexity index is 621. The first-order valence-electron chi connectivity index (χ1n) is 9.22. The zero-order valence-electron chi connectivity index (χ0n) is 15.9. The van der Waals surface area contributed by atoms with E-state index in [0.717, 1.165) is 30.5 Å². The highest BCUT2D eigenvalue weighted by Gasteiger charge is 2.24.